The maximum atomic E-state index is 5.96. The van der Waals surface area contributed by atoms with Crippen LogP contribution in [0.15, 0.2) is 33.5 Å². The molecular formula is C11H10BrClN2O. The molecule has 16 heavy (non-hydrogen) atoms. The summed E-state index contributed by atoms with van der Waals surface area (Å²) in [5.41, 5.74) is 1.78. The quantitative estimate of drug-likeness (QED) is 0.943. The molecule has 0 aliphatic carbocycles. The summed E-state index contributed by atoms with van der Waals surface area (Å²) in [4.78, 5) is 4.16. The van der Waals surface area contributed by atoms with Gasteiger partial charge in [0.25, 0.3) is 0 Å². The lowest BCUT2D eigenvalue weighted by atomic mass is 10.1. The molecule has 0 saturated carbocycles. The van der Waals surface area contributed by atoms with Crippen LogP contribution in [0.1, 0.15) is 5.69 Å². The topological polar surface area (TPSA) is 38.1 Å². The van der Waals surface area contributed by atoms with E-state index < -0.39 is 0 Å². The molecule has 5 heteroatoms. The normalized spacial score (nSPS) is 10.7. The van der Waals surface area contributed by atoms with E-state index in [4.69, 9.17) is 16.0 Å². The zero-order valence-corrected chi connectivity index (χ0v) is 11.0. The summed E-state index contributed by atoms with van der Waals surface area (Å²) in [5.74, 6) is 0.740. The molecule has 1 aromatic heterocycles. The predicted octanol–water partition coefficient (Wildman–Crippen LogP) is 3.48. The molecule has 0 saturated heterocycles. The fraction of sp³-hybridized carbons (Fsp3) is 0.182. The highest BCUT2D eigenvalue weighted by Crippen LogP contribution is 2.32. The molecule has 2 rings (SSSR count). The average Bonchev–Trinajstić information content (AvgIpc) is 2.70. The standard InChI is InChI=1S/C11H10BrClN2O/c1-14-5-10-11(16-6-15-10)8-4-7(13)2-3-9(8)12/h2-4,6,14H,5H2,1H3. The first kappa shape index (κ1) is 11.6. The molecule has 1 N–H and O–H groups in total. The van der Waals surface area contributed by atoms with E-state index in [0.29, 0.717) is 11.6 Å². The van der Waals surface area contributed by atoms with E-state index >= 15 is 0 Å². The van der Waals surface area contributed by atoms with E-state index in [0.717, 1.165) is 21.5 Å². The van der Waals surface area contributed by atoms with Crippen molar-refractivity contribution in [1.82, 2.24) is 10.3 Å². The van der Waals surface area contributed by atoms with Crippen LogP contribution in [0.5, 0.6) is 0 Å². The Balaban J connectivity index is 2.49. The SMILES string of the molecule is CNCc1ncoc1-c1cc(Cl)ccc1Br. The zero-order valence-electron chi connectivity index (χ0n) is 8.63. The lowest BCUT2D eigenvalue weighted by Gasteiger charge is -2.04. The van der Waals surface area contributed by atoms with Crippen LogP contribution >= 0.6 is 27.5 Å². The third kappa shape index (κ3) is 2.29. The minimum absolute atomic E-state index is 0.658. The van der Waals surface area contributed by atoms with Crippen molar-refractivity contribution in [2.45, 2.75) is 6.54 Å². The molecule has 0 amide bonds. The van der Waals surface area contributed by atoms with Crippen molar-refractivity contribution in [2.75, 3.05) is 7.05 Å². The summed E-state index contributed by atoms with van der Waals surface area (Å²) in [5, 5.41) is 3.71. The largest absolute Gasteiger partial charge is 0.443 e. The van der Waals surface area contributed by atoms with E-state index in [9.17, 15) is 0 Å². The van der Waals surface area contributed by atoms with Gasteiger partial charge < -0.3 is 9.73 Å². The second-order valence-corrected chi connectivity index (χ2v) is 4.57. The number of hydrogen-bond acceptors (Lipinski definition) is 3. The summed E-state index contributed by atoms with van der Waals surface area (Å²) in [6, 6.07) is 5.57. The Morgan fingerprint density at radius 1 is 1.50 bits per heavy atom. The van der Waals surface area contributed by atoms with Crippen LogP contribution in [-0.4, -0.2) is 12.0 Å². The lowest BCUT2D eigenvalue weighted by Crippen LogP contribution is -2.06. The molecule has 0 unspecified atom stereocenters. The summed E-state index contributed by atoms with van der Waals surface area (Å²) >= 11 is 9.43. The van der Waals surface area contributed by atoms with E-state index in [1.54, 1.807) is 0 Å². The second kappa shape index (κ2) is 4.99. The predicted molar refractivity (Wildman–Crippen MR) is 67.4 cm³/mol. The van der Waals surface area contributed by atoms with E-state index in [1.807, 2.05) is 25.2 Å². The molecular weight excluding hydrogens is 291 g/mol. The van der Waals surface area contributed by atoms with E-state index in [2.05, 4.69) is 26.2 Å². The van der Waals surface area contributed by atoms with Gasteiger partial charge in [-0.25, -0.2) is 4.98 Å². The average molecular weight is 302 g/mol. The highest BCUT2D eigenvalue weighted by atomic mass is 79.9. The smallest absolute Gasteiger partial charge is 0.181 e. The van der Waals surface area contributed by atoms with Gasteiger partial charge in [0, 0.05) is 21.6 Å². The molecule has 3 nitrogen and oxygen atoms in total. The number of halogens is 2. The number of oxazole rings is 1. The van der Waals surface area contributed by atoms with Crippen LogP contribution in [0.2, 0.25) is 5.02 Å². The lowest BCUT2D eigenvalue weighted by molar-refractivity contribution is 0.570. The Hall–Kier alpha value is -0.840. The van der Waals surface area contributed by atoms with Crippen LogP contribution in [0, 0.1) is 0 Å². The highest BCUT2D eigenvalue weighted by Gasteiger charge is 2.13. The minimum Gasteiger partial charge on any atom is -0.443 e. The molecule has 1 aromatic carbocycles. The molecule has 0 fully saturated rings. The van der Waals surface area contributed by atoms with Crippen LogP contribution < -0.4 is 5.32 Å². The molecule has 84 valence electrons. The monoisotopic (exact) mass is 300 g/mol. The van der Waals surface area contributed by atoms with Crippen molar-refractivity contribution in [2.24, 2.45) is 0 Å². The Morgan fingerprint density at radius 3 is 3.06 bits per heavy atom. The number of nitrogens with zero attached hydrogens (tertiary/aromatic N) is 1. The zero-order chi connectivity index (χ0) is 11.5. The number of rotatable bonds is 3. The maximum absolute atomic E-state index is 5.96. The number of hydrogen-bond donors (Lipinski definition) is 1. The van der Waals surface area contributed by atoms with Crippen molar-refractivity contribution in [1.29, 1.82) is 0 Å². The summed E-state index contributed by atoms with van der Waals surface area (Å²) in [6.45, 7) is 0.658. The molecule has 1 heterocycles. The third-order valence-corrected chi connectivity index (χ3v) is 3.09. The summed E-state index contributed by atoms with van der Waals surface area (Å²) in [6.07, 6.45) is 1.44. The molecule has 0 bridgehead atoms. The Kier molecular flexibility index (Phi) is 3.63. The van der Waals surface area contributed by atoms with Crippen LogP contribution in [-0.2, 0) is 6.54 Å². The van der Waals surface area contributed by atoms with Gasteiger partial charge >= 0.3 is 0 Å². The van der Waals surface area contributed by atoms with Gasteiger partial charge in [0.2, 0.25) is 0 Å². The first-order chi connectivity index (χ1) is 7.72. The molecule has 0 aliphatic heterocycles. The van der Waals surface area contributed by atoms with Gasteiger partial charge in [-0.05, 0) is 25.2 Å². The number of benzene rings is 1. The first-order valence-electron chi connectivity index (χ1n) is 4.74. The van der Waals surface area contributed by atoms with Crippen molar-refractivity contribution in [3.05, 3.63) is 39.8 Å². The maximum Gasteiger partial charge on any atom is 0.181 e. The van der Waals surface area contributed by atoms with Crippen molar-refractivity contribution in [3.63, 3.8) is 0 Å². The fourth-order valence-electron chi connectivity index (χ4n) is 1.45. The first-order valence-corrected chi connectivity index (χ1v) is 5.92. The van der Waals surface area contributed by atoms with Gasteiger partial charge in [0.05, 0.1) is 0 Å². The summed E-state index contributed by atoms with van der Waals surface area (Å²) in [7, 11) is 1.87. The molecule has 0 aliphatic rings. The van der Waals surface area contributed by atoms with Gasteiger partial charge in [0.1, 0.15) is 5.69 Å². The Labute approximate surface area is 107 Å². The number of nitrogens with one attached hydrogen (secondary N) is 1. The van der Waals surface area contributed by atoms with Crippen molar-refractivity contribution in [3.8, 4) is 11.3 Å². The number of aromatic nitrogens is 1. The second-order valence-electron chi connectivity index (χ2n) is 3.28. The Morgan fingerprint density at radius 2 is 2.31 bits per heavy atom. The highest BCUT2D eigenvalue weighted by molar-refractivity contribution is 9.10. The van der Waals surface area contributed by atoms with E-state index in [-0.39, 0.29) is 0 Å². The van der Waals surface area contributed by atoms with Crippen molar-refractivity contribution >= 4 is 27.5 Å². The Bertz CT molecular complexity index is 498. The molecule has 0 radical (unpaired) electrons. The minimum atomic E-state index is 0.658. The van der Waals surface area contributed by atoms with Crippen molar-refractivity contribution < 1.29 is 4.42 Å². The van der Waals surface area contributed by atoms with Gasteiger partial charge in [-0.3, -0.25) is 0 Å². The molecule has 0 spiro atoms. The molecule has 0 atom stereocenters. The van der Waals surface area contributed by atoms with Gasteiger partial charge in [-0.15, -0.1) is 0 Å². The van der Waals surface area contributed by atoms with E-state index in [1.165, 1.54) is 6.39 Å². The van der Waals surface area contributed by atoms with Gasteiger partial charge in [0.15, 0.2) is 12.2 Å². The van der Waals surface area contributed by atoms with Crippen LogP contribution in [0.3, 0.4) is 0 Å². The molecule has 2 aromatic rings. The third-order valence-electron chi connectivity index (χ3n) is 2.16. The fourth-order valence-corrected chi connectivity index (χ4v) is 2.05. The van der Waals surface area contributed by atoms with Gasteiger partial charge in [-0.1, -0.05) is 27.5 Å². The summed E-state index contributed by atoms with van der Waals surface area (Å²) < 4.78 is 6.34. The van der Waals surface area contributed by atoms with Crippen LogP contribution in [0.4, 0.5) is 0 Å². The van der Waals surface area contributed by atoms with Crippen LogP contribution in [0.25, 0.3) is 11.3 Å². The van der Waals surface area contributed by atoms with Gasteiger partial charge in [-0.2, -0.15) is 0 Å².